The maximum Gasteiger partial charge on any atom is 0.326 e. The molecule has 1 aliphatic heterocycles. The molecule has 1 unspecified atom stereocenters. The van der Waals surface area contributed by atoms with Crippen molar-refractivity contribution >= 4 is 29.4 Å². The monoisotopic (exact) mass is 382 g/mol. The van der Waals surface area contributed by atoms with E-state index < -0.39 is 35.7 Å². The third-order valence-corrected chi connectivity index (χ3v) is 5.11. The molecular weight excluding hydrogens is 360 g/mol. The minimum absolute atomic E-state index is 0.303. The van der Waals surface area contributed by atoms with Gasteiger partial charge in [-0.15, -0.1) is 0 Å². The van der Waals surface area contributed by atoms with Crippen LogP contribution in [0.1, 0.15) is 44.1 Å². The van der Waals surface area contributed by atoms with Crippen LogP contribution in [0.2, 0.25) is 5.02 Å². The first kappa shape index (κ1) is 20.2. The molecule has 0 aromatic heterocycles. The predicted octanol–water partition coefficient (Wildman–Crippen LogP) is 2.42. The van der Waals surface area contributed by atoms with Gasteiger partial charge in [0.2, 0.25) is 11.8 Å². The molecule has 1 heterocycles. The lowest BCUT2D eigenvalue weighted by molar-refractivity contribution is -0.154. The number of carboxylic acid groups (broad SMARTS) is 1. The summed E-state index contributed by atoms with van der Waals surface area (Å²) in [5.41, 5.74) is 2.18. The van der Waals surface area contributed by atoms with Crippen molar-refractivity contribution < 1.29 is 24.7 Å². The highest BCUT2D eigenvalue weighted by Gasteiger charge is 2.41. The molecule has 142 valence electrons. The van der Waals surface area contributed by atoms with E-state index in [0.717, 1.165) is 6.42 Å². The molecular formula is C18H23ClN2O5. The number of nitrogens with zero attached hydrogens (tertiary/aromatic N) is 1. The zero-order valence-electron chi connectivity index (χ0n) is 14.5. The minimum Gasteiger partial charge on any atom is -0.480 e. The lowest BCUT2D eigenvalue weighted by Crippen LogP contribution is -2.51. The van der Waals surface area contributed by atoms with Gasteiger partial charge in [0.05, 0.1) is 11.8 Å². The van der Waals surface area contributed by atoms with Gasteiger partial charge < -0.3 is 10.0 Å². The van der Waals surface area contributed by atoms with Gasteiger partial charge in [-0.25, -0.2) is 10.3 Å². The smallest absolute Gasteiger partial charge is 0.326 e. The summed E-state index contributed by atoms with van der Waals surface area (Å²) in [5.74, 6) is -3.87. The Labute approximate surface area is 156 Å². The van der Waals surface area contributed by atoms with Gasteiger partial charge in [-0.3, -0.25) is 14.8 Å². The number of halogens is 1. The summed E-state index contributed by atoms with van der Waals surface area (Å²) in [5, 5.41) is 19.0. The van der Waals surface area contributed by atoms with Crippen LogP contribution in [0, 0.1) is 5.92 Å². The van der Waals surface area contributed by atoms with Crippen LogP contribution in [0.5, 0.6) is 0 Å². The predicted molar refractivity (Wildman–Crippen MR) is 94.9 cm³/mol. The zero-order chi connectivity index (χ0) is 19.3. The van der Waals surface area contributed by atoms with Crippen molar-refractivity contribution in [2.75, 3.05) is 6.54 Å². The summed E-state index contributed by atoms with van der Waals surface area (Å²) >= 11 is 5.92. The number of carbonyl (C=O) groups is 3. The highest BCUT2D eigenvalue weighted by atomic mass is 35.5. The van der Waals surface area contributed by atoms with Gasteiger partial charge in [-0.05, 0) is 43.4 Å². The van der Waals surface area contributed by atoms with Gasteiger partial charge in [0.25, 0.3) is 0 Å². The van der Waals surface area contributed by atoms with E-state index in [0.29, 0.717) is 36.4 Å². The lowest BCUT2D eigenvalue weighted by atomic mass is 9.81. The van der Waals surface area contributed by atoms with Crippen LogP contribution in [0.3, 0.4) is 0 Å². The van der Waals surface area contributed by atoms with Crippen molar-refractivity contribution in [3.8, 4) is 0 Å². The average Bonchev–Trinajstić information content (AvgIpc) is 2.65. The number of aliphatic carboxylic acids is 1. The van der Waals surface area contributed by atoms with Crippen LogP contribution < -0.4 is 5.48 Å². The standard InChI is InChI=1S/C18H23ClN2O5/c1-2-13(16(22)20-26)15(11-6-8-12(19)9-7-11)17(23)21-10-4-3-5-14(21)18(24)25/h6-9,13-15,26H,2-5,10H2,1H3,(H,20,22)(H,24,25)/t13-,14?,15+/m0/s1. The topological polar surface area (TPSA) is 107 Å². The quantitative estimate of drug-likeness (QED) is 0.517. The molecule has 1 aliphatic rings. The van der Waals surface area contributed by atoms with E-state index in [9.17, 15) is 19.5 Å². The van der Waals surface area contributed by atoms with Crippen molar-refractivity contribution in [2.45, 2.75) is 44.6 Å². The number of carboxylic acids is 1. The first-order chi connectivity index (χ1) is 12.4. The molecule has 1 aromatic rings. The Hall–Kier alpha value is -2.12. The van der Waals surface area contributed by atoms with Crippen LogP contribution in [0.25, 0.3) is 0 Å². The molecule has 2 rings (SSSR count). The molecule has 3 atom stereocenters. The average molecular weight is 383 g/mol. The minimum atomic E-state index is -1.05. The Balaban J connectivity index is 2.44. The molecule has 0 radical (unpaired) electrons. The van der Waals surface area contributed by atoms with Crippen LogP contribution >= 0.6 is 11.6 Å². The number of nitrogens with one attached hydrogen (secondary N) is 1. The lowest BCUT2D eigenvalue weighted by Gasteiger charge is -2.37. The first-order valence-electron chi connectivity index (χ1n) is 8.63. The fraction of sp³-hybridized carbons (Fsp3) is 0.500. The third kappa shape index (κ3) is 4.34. The molecule has 0 saturated carbocycles. The van der Waals surface area contributed by atoms with Crippen molar-refractivity contribution in [2.24, 2.45) is 5.92 Å². The van der Waals surface area contributed by atoms with Crippen molar-refractivity contribution in [1.82, 2.24) is 10.4 Å². The zero-order valence-corrected chi connectivity index (χ0v) is 15.3. The van der Waals surface area contributed by atoms with Crippen LogP contribution in [0.4, 0.5) is 0 Å². The van der Waals surface area contributed by atoms with Gasteiger partial charge in [0.15, 0.2) is 0 Å². The van der Waals surface area contributed by atoms with Gasteiger partial charge in [-0.2, -0.15) is 0 Å². The maximum absolute atomic E-state index is 13.3. The summed E-state index contributed by atoms with van der Waals surface area (Å²) in [6, 6.07) is 5.63. The largest absolute Gasteiger partial charge is 0.480 e. The molecule has 7 nitrogen and oxygen atoms in total. The highest BCUT2D eigenvalue weighted by Crippen LogP contribution is 2.33. The van der Waals surface area contributed by atoms with Gasteiger partial charge in [0.1, 0.15) is 6.04 Å². The molecule has 0 spiro atoms. The van der Waals surface area contributed by atoms with Crippen LogP contribution in [0.15, 0.2) is 24.3 Å². The normalized spacial score (nSPS) is 19.5. The van der Waals surface area contributed by atoms with Gasteiger partial charge in [-0.1, -0.05) is 30.7 Å². The SMILES string of the molecule is CC[C@H](C(=O)NO)[C@H](C(=O)N1CCCCC1C(=O)O)c1ccc(Cl)cc1. The molecule has 2 amide bonds. The second-order valence-electron chi connectivity index (χ2n) is 6.40. The summed E-state index contributed by atoms with van der Waals surface area (Å²) in [6.07, 6.45) is 2.14. The van der Waals surface area contributed by atoms with E-state index in [4.69, 9.17) is 16.8 Å². The Morgan fingerprint density at radius 3 is 2.46 bits per heavy atom. The molecule has 1 aromatic carbocycles. The number of benzene rings is 1. The van der Waals surface area contributed by atoms with E-state index >= 15 is 0 Å². The maximum atomic E-state index is 13.3. The molecule has 0 aliphatic carbocycles. The van der Waals surface area contributed by atoms with E-state index in [1.54, 1.807) is 36.7 Å². The number of rotatable bonds is 6. The van der Waals surface area contributed by atoms with Gasteiger partial charge >= 0.3 is 5.97 Å². The number of hydrogen-bond acceptors (Lipinski definition) is 4. The Bertz CT molecular complexity index is 664. The fourth-order valence-electron chi connectivity index (χ4n) is 3.50. The van der Waals surface area contributed by atoms with Crippen molar-refractivity contribution in [3.63, 3.8) is 0 Å². The van der Waals surface area contributed by atoms with Crippen molar-refractivity contribution in [3.05, 3.63) is 34.9 Å². The van der Waals surface area contributed by atoms with Crippen molar-refractivity contribution in [1.29, 1.82) is 0 Å². The number of piperidine rings is 1. The second-order valence-corrected chi connectivity index (χ2v) is 6.84. The van der Waals surface area contributed by atoms with Crippen LogP contribution in [-0.4, -0.2) is 45.6 Å². The summed E-state index contributed by atoms with van der Waals surface area (Å²) in [7, 11) is 0. The Morgan fingerprint density at radius 2 is 1.92 bits per heavy atom. The Kier molecular flexibility index (Phi) is 6.99. The molecule has 1 saturated heterocycles. The van der Waals surface area contributed by atoms with Gasteiger partial charge in [0, 0.05) is 11.6 Å². The first-order valence-corrected chi connectivity index (χ1v) is 9.01. The summed E-state index contributed by atoms with van der Waals surface area (Å²) in [6.45, 7) is 2.07. The van der Waals surface area contributed by atoms with E-state index in [-0.39, 0.29) is 0 Å². The molecule has 1 fully saturated rings. The molecule has 26 heavy (non-hydrogen) atoms. The van der Waals surface area contributed by atoms with E-state index in [1.165, 1.54) is 4.90 Å². The molecule has 8 heteroatoms. The molecule has 0 bridgehead atoms. The van der Waals surface area contributed by atoms with E-state index in [2.05, 4.69) is 0 Å². The number of carbonyl (C=O) groups excluding carboxylic acids is 2. The summed E-state index contributed by atoms with van der Waals surface area (Å²) in [4.78, 5) is 38.4. The molecule has 3 N–H and O–H groups in total. The second kappa shape index (κ2) is 9.00. The number of hydrogen-bond donors (Lipinski definition) is 3. The van der Waals surface area contributed by atoms with E-state index in [1.807, 2.05) is 0 Å². The third-order valence-electron chi connectivity index (χ3n) is 4.86. The highest BCUT2D eigenvalue weighted by molar-refractivity contribution is 6.30. The summed E-state index contributed by atoms with van der Waals surface area (Å²) < 4.78 is 0. The number of hydroxylamine groups is 1. The fourth-order valence-corrected chi connectivity index (χ4v) is 3.63. The Morgan fingerprint density at radius 1 is 1.27 bits per heavy atom. The number of amides is 2. The van der Waals surface area contributed by atoms with Crippen LogP contribution in [-0.2, 0) is 14.4 Å². The number of likely N-dealkylation sites (tertiary alicyclic amines) is 1.